The fraction of sp³-hybridized carbons (Fsp3) is 0. The van der Waals surface area contributed by atoms with Crippen LogP contribution in [0.5, 0.6) is 0 Å². The lowest BCUT2D eigenvalue weighted by molar-refractivity contribution is 0.103. The zero-order valence-electron chi connectivity index (χ0n) is 31.5. The van der Waals surface area contributed by atoms with Gasteiger partial charge in [-0.15, -0.1) is 0 Å². The molecule has 4 heteroatoms. The molecule has 8 aromatic carbocycles. The van der Waals surface area contributed by atoms with Crippen LogP contribution in [0.2, 0.25) is 0 Å². The fourth-order valence-corrected chi connectivity index (χ4v) is 8.52. The summed E-state index contributed by atoms with van der Waals surface area (Å²) in [6.07, 6.45) is 0. The van der Waals surface area contributed by atoms with Crippen LogP contribution in [0.25, 0.3) is 88.6 Å². The highest BCUT2D eigenvalue weighted by Crippen LogP contribution is 2.38. The second kappa shape index (κ2) is 13.7. The molecule has 0 N–H and O–H groups in total. The predicted octanol–water partition coefficient (Wildman–Crippen LogP) is 13.5. The summed E-state index contributed by atoms with van der Waals surface area (Å²) in [5.41, 5.74) is 13.6. The van der Waals surface area contributed by atoms with E-state index in [1.165, 1.54) is 49.3 Å². The molecule has 0 aliphatic heterocycles. The van der Waals surface area contributed by atoms with Crippen molar-refractivity contribution in [3.8, 4) is 45.0 Å². The number of rotatable bonds is 7. The van der Waals surface area contributed by atoms with E-state index in [1.807, 2.05) is 60.7 Å². The van der Waals surface area contributed by atoms with Gasteiger partial charge in [0.2, 0.25) is 0 Å². The molecule has 0 bridgehead atoms. The van der Waals surface area contributed by atoms with Gasteiger partial charge in [-0.05, 0) is 82.9 Å². The summed E-state index contributed by atoms with van der Waals surface area (Å²) in [5.74, 6) is 0.852. The van der Waals surface area contributed by atoms with Gasteiger partial charge < -0.3 is 4.57 Å². The second-order valence-electron chi connectivity index (χ2n) is 14.7. The molecule has 0 aliphatic rings. The number of benzene rings is 8. The molecular formula is C54H35N3O. The number of carbonyl (C=O) groups excluding carboxylic acids is 1. The zero-order valence-corrected chi connectivity index (χ0v) is 31.5. The summed E-state index contributed by atoms with van der Waals surface area (Å²) in [6, 6.07) is 73.5. The van der Waals surface area contributed by atoms with Crippen molar-refractivity contribution in [2.75, 3.05) is 0 Å². The van der Waals surface area contributed by atoms with Gasteiger partial charge in [0.1, 0.15) is 5.82 Å². The fourth-order valence-electron chi connectivity index (χ4n) is 8.52. The van der Waals surface area contributed by atoms with Crippen molar-refractivity contribution in [3.05, 3.63) is 223 Å². The number of fused-ring (bicyclic) bond motifs is 6. The van der Waals surface area contributed by atoms with Crippen LogP contribution in [0.4, 0.5) is 0 Å². The smallest absolute Gasteiger partial charge is 0.193 e. The molecule has 11 rings (SSSR count). The molecule has 3 aromatic heterocycles. The molecule has 11 aromatic rings. The minimum atomic E-state index is 0.0101. The van der Waals surface area contributed by atoms with E-state index in [9.17, 15) is 4.79 Å². The molecule has 0 spiro atoms. The maximum atomic E-state index is 13.0. The molecule has 0 unspecified atom stereocenters. The van der Waals surface area contributed by atoms with Crippen molar-refractivity contribution in [2.45, 2.75) is 0 Å². The first-order valence-electron chi connectivity index (χ1n) is 19.6. The summed E-state index contributed by atoms with van der Waals surface area (Å²) in [5, 5.41) is 4.85. The van der Waals surface area contributed by atoms with E-state index >= 15 is 0 Å². The SMILES string of the molecule is O=C(c1ccccc1)c1ccc(-c2cccc(-n3c4ccccc4c4cc(-c5ccc(-c6ccc7c(c6)c6ccccc6n7-c6ccccc6)cc5)ccc43)n2)cc1. The Morgan fingerprint density at radius 3 is 1.43 bits per heavy atom. The second-order valence-corrected chi connectivity index (χ2v) is 14.7. The Labute approximate surface area is 335 Å². The van der Waals surface area contributed by atoms with Crippen LogP contribution in [0.3, 0.4) is 0 Å². The van der Waals surface area contributed by atoms with Crippen molar-refractivity contribution in [1.29, 1.82) is 0 Å². The van der Waals surface area contributed by atoms with Gasteiger partial charge in [-0.2, -0.15) is 0 Å². The third-order valence-corrected chi connectivity index (χ3v) is 11.4. The van der Waals surface area contributed by atoms with E-state index in [4.69, 9.17) is 4.98 Å². The molecular weight excluding hydrogens is 707 g/mol. The zero-order chi connectivity index (χ0) is 38.6. The van der Waals surface area contributed by atoms with E-state index < -0.39 is 0 Å². The summed E-state index contributed by atoms with van der Waals surface area (Å²) >= 11 is 0. The largest absolute Gasteiger partial charge is 0.309 e. The molecule has 0 saturated heterocycles. The first-order valence-corrected chi connectivity index (χ1v) is 19.6. The van der Waals surface area contributed by atoms with Crippen LogP contribution < -0.4 is 0 Å². The van der Waals surface area contributed by atoms with Crippen LogP contribution in [-0.2, 0) is 0 Å². The average molecular weight is 742 g/mol. The van der Waals surface area contributed by atoms with Gasteiger partial charge in [-0.3, -0.25) is 9.36 Å². The number of ketones is 1. The van der Waals surface area contributed by atoms with Gasteiger partial charge in [0.25, 0.3) is 0 Å². The molecule has 0 atom stereocenters. The van der Waals surface area contributed by atoms with Crippen molar-refractivity contribution in [2.24, 2.45) is 0 Å². The number of aromatic nitrogens is 3. The molecule has 3 heterocycles. The maximum absolute atomic E-state index is 13.0. The van der Waals surface area contributed by atoms with Gasteiger partial charge in [-0.25, -0.2) is 4.98 Å². The number of hydrogen-bond donors (Lipinski definition) is 0. The van der Waals surface area contributed by atoms with E-state index in [0.717, 1.165) is 39.4 Å². The minimum absolute atomic E-state index is 0.0101. The van der Waals surface area contributed by atoms with Crippen molar-refractivity contribution >= 4 is 49.4 Å². The number of pyridine rings is 1. The first-order chi connectivity index (χ1) is 28.7. The van der Waals surface area contributed by atoms with E-state index in [0.29, 0.717) is 11.1 Å². The van der Waals surface area contributed by atoms with E-state index in [-0.39, 0.29) is 5.78 Å². The third kappa shape index (κ3) is 5.62. The van der Waals surface area contributed by atoms with Crippen LogP contribution in [-0.4, -0.2) is 19.9 Å². The Bertz CT molecular complexity index is 3320. The Balaban J connectivity index is 0.926. The quantitative estimate of drug-likeness (QED) is 0.153. The van der Waals surface area contributed by atoms with Gasteiger partial charge in [0, 0.05) is 43.9 Å². The predicted molar refractivity (Wildman–Crippen MR) is 239 cm³/mol. The Morgan fingerprint density at radius 2 is 0.810 bits per heavy atom. The van der Waals surface area contributed by atoms with Crippen LogP contribution in [0.15, 0.2) is 212 Å². The maximum Gasteiger partial charge on any atom is 0.193 e. The first kappa shape index (κ1) is 33.5. The molecule has 0 saturated carbocycles. The Kier molecular flexibility index (Phi) is 7.93. The Hall–Kier alpha value is -7.82. The highest BCUT2D eigenvalue weighted by Gasteiger charge is 2.17. The standard InChI is InChI=1S/C54H35N3O/c58-54(39-12-3-1-4-13-39)40-28-26-38(27-29-40)48-18-11-21-53(55-48)57-50-20-10-8-17-45(50)47-35-42(31-33-52(47)57)37-24-22-36(23-25-37)41-30-32-51-46(34-41)44-16-7-9-19-49(44)56(51)43-14-5-2-6-15-43/h1-35H. The van der Waals surface area contributed by atoms with Gasteiger partial charge in [-0.1, -0.05) is 152 Å². The van der Waals surface area contributed by atoms with Gasteiger partial charge >= 0.3 is 0 Å². The van der Waals surface area contributed by atoms with Crippen LogP contribution in [0, 0.1) is 0 Å². The van der Waals surface area contributed by atoms with E-state index in [1.54, 1.807) is 0 Å². The number of hydrogen-bond acceptors (Lipinski definition) is 2. The topological polar surface area (TPSA) is 39.8 Å². The van der Waals surface area contributed by atoms with Crippen molar-refractivity contribution < 1.29 is 4.79 Å². The van der Waals surface area contributed by atoms with Crippen LogP contribution in [0.1, 0.15) is 15.9 Å². The van der Waals surface area contributed by atoms with Crippen molar-refractivity contribution in [3.63, 3.8) is 0 Å². The lowest BCUT2D eigenvalue weighted by atomic mass is 9.98. The summed E-state index contributed by atoms with van der Waals surface area (Å²) < 4.78 is 4.60. The minimum Gasteiger partial charge on any atom is -0.309 e. The molecule has 0 aliphatic carbocycles. The summed E-state index contributed by atoms with van der Waals surface area (Å²) in [6.45, 7) is 0. The molecule has 0 fully saturated rings. The van der Waals surface area contributed by atoms with Gasteiger partial charge in [0.15, 0.2) is 5.78 Å². The van der Waals surface area contributed by atoms with E-state index in [2.05, 4.69) is 161 Å². The molecule has 0 radical (unpaired) electrons. The van der Waals surface area contributed by atoms with Crippen LogP contribution >= 0.6 is 0 Å². The molecule has 58 heavy (non-hydrogen) atoms. The van der Waals surface area contributed by atoms with Gasteiger partial charge in [0.05, 0.1) is 27.8 Å². The monoisotopic (exact) mass is 741 g/mol. The lowest BCUT2D eigenvalue weighted by Crippen LogP contribution is -2.01. The molecule has 0 amide bonds. The number of carbonyl (C=O) groups is 1. The van der Waals surface area contributed by atoms with Crippen molar-refractivity contribution in [1.82, 2.24) is 14.1 Å². The number of nitrogens with zero attached hydrogens (tertiary/aromatic N) is 3. The Morgan fingerprint density at radius 1 is 0.345 bits per heavy atom. The highest BCUT2D eigenvalue weighted by molar-refractivity contribution is 6.12. The third-order valence-electron chi connectivity index (χ3n) is 11.4. The number of para-hydroxylation sites is 3. The normalized spacial score (nSPS) is 11.5. The molecule has 4 nitrogen and oxygen atoms in total. The highest BCUT2D eigenvalue weighted by atomic mass is 16.1. The average Bonchev–Trinajstić information content (AvgIpc) is 3.82. The summed E-state index contributed by atoms with van der Waals surface area (Å²) in [4.78, 5) is 18.2. The summed E-state index contributed by atoms with van der Waals surface area (Å²) in [7, 11) is 0. The molecule has 272 valence electrons. The lowest BCUT2D eigenvalue weighted by Gasteiger charge is -2.10.